The van der Waals surface area contributed by atoms with Gasteiger partial charge in [-0.1, -0.05) is 0 Å². The van der Waals surface area contributed by atoms with E-state index >= 15 is 0 Å². The van der Waals surface area contributed by atoms with Crippen LogP contribution in [0.2, 0.25) is 0 Å². The van der Waals surface area contributed by atoms with E-state index in [0.29, 0.717) is 19.8 Å². The molecule has 0 amide bonds. The predicted molar refractivity (Wildman–Crippen MR) is 76.0 cm³/mol. The van der Waals surface area contributed by atoms with Gasteiger partial charge < -0.3 is 4.74 Å². The van der Waals surface area contributed by atoms with Gasteiger partial charge in [0, 0.05) is 0 Å². The average Bonchev–Trinajstić information content (AvgIpc) is 2.27. The zero-order valence-electron chi connectivity index (χ0n) is 14.3. The third kappa shape index (κ3) is 19.7. The average molecular weight is 341 g/mol. The van der Waals surface area contributed by atoms with Crippen LogP contribution >= 0.6 is 0 Å². The van der Waals surface area contributed by atoms with Gasteiger partial charge in [0.25, 0.3) is 0 Å². The van der Waals surface area contributed by atoms with Crippen LogP contribution in [0.4, 0.5) is 0 Å². The molecule has 0 aromatic carbocycles. The van der Waals surface area contributed by atoms with E-state index in [0.717, 1.165) is 0 Å². The molecule has 0 atom stereocenters. The van der Waals surface area contributed by atoms with Crippen molar-refractivity contribution in [2.45, 2.75) is 60.5 Å². The second-order valence-electron chi connectivity index (χ2n) is 5.01. The van der Waals surface area contributed by atoms with Crippen molar-refractivity contribution in [1.29, 1.82) is 0 Å². The van der Waals surface area contributed by atoms with Crippen molar-refractivity contribution in [1.82, 2.24) is 0 Å². The van der Waals surface area contributed by atoms with Crippen molar-refractivity contribution in [3.05, 3.63) is 0 Å². The van der Waals surface area contributed by atoms with Gasteiger partial charge in [-0.3, -0.25) is 9.59 Å². The minimum absolute atomic E-state index is 0.128. The van der Waals surface area contributed by atoms with Crippen LogP contribution < -0.4 is 0 Å². The fourth-order valence-electron chi connectivity index (χ4n) is 1.06. The molecule has 0 radical (unpaired) electrons. The monoisotopic (exact) mass is 341 g/mol. The Kier molecular flexibility index (Phi) is 14.7. The molecule has 0 unspecified atom stereocenters. The van der Waals surface area contributed by atoms with Crippen molar-refractivity contribution in [2.75, 3.05) is 19.8 Å². The van der Waals surface area contributed by atoms with Gasteiger partial charge in [0.05, 0.1) is 0 Å². The van der Waals surface area contributed by atoms with Gasteiger partial charge in [0.15, 0.2) is 0 Å². The van der Waals surface area contributed by atoms with E-state index in [1.807, 2.05) is 20.8 Å². The third-order valence-electron chi connectivity index (χ3n) is 1.60. The van der Waals surface area contributed by atoms with E-state index < -0.39 is 30.6 Å². The molecule has 21 heavy (non-hydrogen) atoms. The number of Topliss-reactive ketones (excluding diaryl/α,β-unsaturated/α-hetero) is 1. The normalized spacial score (nSPS) is 10.4. The summed E-state index contributed by atoms with van der Waals surface area (Å²) in [6.45, 7) is 14.6. The summed E-state index contributed by atoms with van der Waals surface area (Å²) in [5.74, 6) is -0.621. The molecular formula is C14H29O6Ti. The summed E-state index contributed by atoms with van der Waals surface area (Å²) >= 11 is -1.99. The number of hydrogen-bond donors (Lipinski definition) is 0. The van der Waals surface area contributed by atoms with E-state index in [-0.39, 0.29) is 12.2 Å². The van der Waals surface area contributed by atoms with Gasteiger partial charge in [0.2, 0.25) is 0 Å². The number of rotatable bonds is 8. The Balaban J connectivity index is 0. The Bertz CT molecular complexity index is 273. The summed E-state index contributed by atoms with van der Waals surface area (Å²) in [7, 11) is 0. The van der Waals surface area contributed by atoms with Crippen LogP contribution in [0, 0.1) is 0 Å². The fraction of sp³-hybridized carbons (Fsp3) is 0.857. The van der Waals surface area contributed by atoms with Crippen LogP contribution in [0.3, 0.4) is 0 Å². The zero-order chi connectivity index (χ0) is 16.9. The summed E-state index contributed by atoms with van der Waals surface area (Å²) in [6.07, 6.45) is -0.128. The van der Waals surface area contributed by atoms with E-state index in [4.69, 9.17) is 14.7 Å². The second-order valence-corrected chi connectivity index (χ2v) is 7.15. The first-order valence-electron chi connectivity index (χ1n) is 7.12. The molecule has 0 fully saturated rings. The van der Waals surface area contributed by atoms with Crippen LogP contribution in [0.25, 0.3) is 0 Å². The molecule has 0 N–H and O–H groups in total. The Morgan fingerprint density at radius 2 is 1.29 bits per heavy atom. The Labute approximate surface area is 135 Å². The SMILES string of the molecule is CC(=O)CC(=O)OC(C)(C)C.CC[O][Ti]([O]CC)[O]CC. The molecule has 0 heterocycles. The third-order valence-corrected chi connectivity index (χ3v) is 4.06. The number of ketones is 1. The van der Waals surface area contributed by atoms with Crippen molar-refractivity contribution >= 4 is 11.8 Å². The first kappa shape index (κ1) is 23.0. The standard InChI is InChI=1S/C8H14O3.3C2H5O.Ti/c1-6(9)5-7(10)11-8(2,3)4;3*1-2-3;/h5H2,1-4H3;3*2H2,1H3;/q;3*-1;+3. The summed E-state index contributed by atoms with van der Waals surface area (Å²) in [5.41, 5.74) is -0.494. The molecule has 0 spiro atoms. The molecule has 0 bridgehead atoms. The first-order chi connectivity index (χ1) is 9.66. The molecule has 0 aliphatic heterocycles. The summed E-state index contributed by atoms with van der Waals surface area (Å²) in [4.78, 5) is 21.3. The molecule has 6 nitrogen and oxygen atoms in total. The van der Waals surface area contributed by atoms with Crippen LogP contribution in [0.15, 0.2) is 0 Å². The van der Waals surface area contributed by atoms with Crippen LogP contribution in [0.1, 0.15) is 54.9 Å². The Morgan fingerprint density at radius 3 is 1.52 bits per heavy atom. The molecule has 0 aromatic heterocycles. The number of carbonyl (C=O) groups excluding carboxylic acids is 2. The maximum absolute atomic E-state index is 10.8. The summed E-state index contributed by atoms with van der Waals surface area (Å²) < 4.78 is 20.6. The number of esters is 1. The van der Waals surface area contributed by atoms with Gasteiger partial charge in [-0.25, -0.2) is 0 Å². The Morgan fingerprint density at radius 1 is 0.905 bits per heavy atom. The molecular weight excluding hydrogens is 312 g/mol. The van der Waals surface area contributed by atoms with Gasteiger partial charge in [0.1, 0.15) is 17.8 Å². The molecule has 7 heteroatoms. The molecule has 125 valence electrons. The molecule has 0 rings (SSSR count). The summed E-state index contributed by atoms with van der Waals surface area (Å²) in [5, 5.41) is 0. The minimum atomic E-state index is -1.99. The van der Waals surface area contributed by atoms with Gasteiger partial charge in [-0.2, -0.15) is 0 Å². The van der Waals surface area contributed by atoms with E-state index in [2.05, 4.69) is 0 Å². The van der Waals surface area contributed by atoms with Gasteiger partial charge >= 0.3 is 75.6 Å². The quantitative estimate of drug-likeness (QED) is 0.384. The van der Waals surface area contributed by atoms with Gasteiger partial charge in [-0.15, -0.1) is 0 Å². The molecule has 0 aromatic rings. The van der Waals surface area contributed by atoms with Crippen molar-refractivity contribution in [3.8, 4) is 0 Å². The molecule has 0 saturated carbocycles. The predicted octanol–water partition coefficient (Wildman–Crippen LogP) is 2.77. The first-order valence-corrected chi connectivity index (χ1v) is 9.04. The maximum atomic E-state index is 10.8. The Hall–Kier alpha value is -0.266. The van der Waals surface area contributed by atoms with E-state index in [1.165, 1.54) is 6.92 Å². The van der Waals surface area contributed by atoms with Crippen LogP contribution in [-0.2, 0) is 43.3 Å². The molecule has 0 aliphatic rings. The number of hydrogen-bond acceptors (Lipinski definition) is 6. The fourth-order valence-corrected chi connectivity index (χ4v) is 2.55. The number of ether oxygens (including phenoxy) is 1. The molecule has 0 aliphatic carbocycles. The topological polar surface area (TPSA) is 71.1 Å². The van der Waals surface area contributed by atoms with Crippen molar-refractivity contribution < 1.29 is 43.3 Å². The van der Waals surface area contributed by atoms with E-state index in [9.17, 15) is 9.59 Å². The van der Waals surface area contributed by atoms with Crippen molar-refractivity contribution in [3.63, 3.8) is 0 Å². The summed E-state index contributed by atoms with van der Waals surface area (Å²) in [6, 6.07) is 0. The van der Waals surface area contributed by atoms with Gasteiger partial charge in [-0.05, 0) is 27.7 Å². The second kappa shape index (κ2) is 13.4. The molecule has 0 saturated heterocycles. The van der Waals surface area contributed by atoms with Crippen LogP contribution in [-0.4, -0.2) is 37.2 Å². The van der Waals surface area contributed by atoms with E-state index in [1.54, 1.807) is 20.8 Å². The number of carbonyl (C=O) groups is 2. The zero-order valence-corrected chi connectivity index (χ0v) is 15.8. The van der Waals surface area contributed by atoms with Crippen molar-refractivity contribution in [2.24, 2.45) is 0 Å². The van der Waals surface area contributed by atoms with Crippen LogP contribution in [0.5, 0.6) is 0 Å².